The van der Waals surface area contributed by atoms with Crippen LogP contribution in [0.3, 0.4) is 0 Å². The van der Waals surface area contributed by atoms with Crippen LogP contribution in [0.4, 0.5) is 0 Å². The third kappa shape index (κ3) is 3.55. The molecule has 0 atom stereocenters. The monoisotopic (exact) mass is 406 g/mol. The maximum atomic E-state index is 11.1. The third-order valence-electron chi connectivity index (χ3n) is 5.20. The van der Waals surface area contributed by atoms with E-state index < -0.39 is 5.97 Å². The average Bonchev–Trinajstić information content (AvgIpc) is 3.28. The lowest BCUT2D eigenvalue weighted by Crippen LogP contribution is -1.95. The van der Waals surface area contributed by atoms with Crippen molar-refractivity contribution >= 4 is 16.9 Å². The van der Waals surface area contributed by atoms with E-state index in [-0.39, 0.29) is 5.56 Å². The van der Waals surface area contributed by atoms with Gasteiger partial charge in [0.15, 0.2) is 0 Å². The maximum absolute atomic E-state index is 11.1. The number of nitrogens with zero attached hydrogens (tertiary/aromatic N) is 3. The molecule has 0 spiro atoms. The van der Waals surface area contributed by atoms with Crippen molar-refractivity contribution < 1.29 is 9.90 Å². The number of H-pyrrole nitrogens is 1. The Balaban J connectivity index is 1.56. The molecule has 2 N–H and O–H groups in total. The van der Waals surface area contributed by atoms with Crippen LogP contribution < -0.4 is 0 Å². The van der Waals surface area contributed by atoms with Crippen molar-refractivity contribution in [2.45, 2.75) is 6.92 Å². The van der Waals surface area contributed by atoms with Gasteiger partial charge in [0.05, 0.1) is 34.5 Å². The lowest BCUT2D eigenvalue weighted by molar-refractivity contribution is 0.0697. The van der Waals surface area contributed by atoms with Crippen LogP contribution in [-0.4, -0.2) is 31.0 Å². The molecule has 0 aliphatic heterocycles. The van der Waals surface area contributed by atoms with Crippen LogP contribution in [0.1, 0.15) is 16.1 Å². The molecule has 2 aromatic carbocycles. The Morgan fingerprint density at radius 1 is 0.903 bits per heavy atom. The van der Waals surface area contributed by atoms with E-state index in [1.165, 1.54) is 0 Å². The molecule has 3 heterocycles. The van der Waals surface area contributed by atoms with Gasteiger partial charge in [-0.15, -0.1) is 0 Å². The van der Waals surface area contributed by atoms with Gasteiger partial charge in [0.25, 0.3) is 0 Å². The van der Waals surface area contributed by atoms with Crippen LogP contribution in [0.15, 0.2) is 79.3 Å². The van der Waals surface area contributed by atoms with Crippen LogP contribution >= 0.6 is 0 Å². The summed E-state index contributed by atoms with van der Waals surface area (Å²) in [6.45, 7) is 1.96. The van der Waals surface area contributed by atoms with E-state index in [2.05, 4.69) is 32.1 Å². The van der Waals surface area contributed by atoms with Crippen LogP contribution in [0.2, 0.25) is 0 Å². The summed E-state index contributed by atoms with van der Waals surface area (Å²) in [6.07, 6.45) is 3.48. The highest BCUT2D eigenvalue weighted by Crippen LogP contribution is 2.31. The van der Waals surface area contributed by atoms with Crippen molar-refractivity contribution in [1.29, 1.82) is 0 Å². The summed E-state index contributed by atoms with van der Waals surface area (Å²) in [4.78, 5) is 28.0. The predicted molar refractivity (Wildman–Crippen MR) is 120 cm³/mol. The smallest absolute Gasteiger partial charge is 0.335 e. The molecule has 0 saturated carbocycles. The number of benzene rings is 2. The first-order valence-corrected chi connectivity index (χ1v) is 9.80. The Bertz CT molecular complexity index is 1420. The van der Waals surface area contributed by atoms with E-state index in [9.17, 15) is 4.79 Å². The summed E-state index contributed by atoms with van der Waals surface area (Å²) in [5.41, 5.74) is 7.42. The van der Waals surface area contributed by atoms with E-state index in [1.807, 2.05) is 37.3 Å². The van der Waals surface area contributed by atoms with E-state index in [0.29, 0.717) is 0 Å². The Kier molecular flexibility index (Phi) is 4.52. The van der Waals surface area contributed by atoms with Crippen molar-refractivity contribution in [3.63, 3.8) is 0 Å². The standard InChI is InChI=1S/C25H18N4O2/c1-15-3-2-4-22(29-15)24-23(27-14-28-24)18-9-10-21-19(11-18)12-20(13-26-21)16-5-7-17(8-6-16)25(30)31/h2-14H,1H3,(H,27,28)(H,30,31). The van der Waals surface area contributed by atoms with E-state index in [4.69, 9.17) is 5.11 Å². The fourth-order valence-corrected chi connectivity index (χ4v) is 3.63. The third-order valence-corrected chi connectivity index (χ3v) is 5.20. The molecule has 0 aliphatic carbocycles. The number of carbonyl (C=O) groups is 1. The van der Waals surface area contributed by atoms with Gasteiger partial charge in [-0.05, 0) is 55.0 Å². The highest BCUT2D eigenvalue weighted by molar-refractivity contribution is 5.90. The van der Waals surface area contributed by atoms with Crippen LogP contribution in [0, 0.1) is 6.92 Å². The minimum Gasteiger partial charge on any atom is -0.478 e. The second-order valence-corrected chi connectivity index (χ2v) is 7.30. The molecule has 0 aliphatic rings. The zero-order chi connectivity index (χ0) is 21.4. The summed E-state index contributed by atoms with van der Waals surface area (Å²) < 4.78 is 0. The molecule has 150 valence electrons. The first-order valence-electron chi connectivity index (χ1n) is 9.80. The number of rotatable bonds is 4. The first kappa shape index (κ1) is 18.7. The first-order chi connectivity index (χ1) is 15.1. The van der Waals surface area contributed by atoms with Gasteiger partial charge in [-0.2, -0.15) is 0 Å². The number of pyridine rings is 2. The highest BCUT2D eigenvalue weighted by Gasteiger charge is 2.13. The number of imidazole rings is 1. The van der Waals surface area contributed by atoms with Crippen LogP contribution in [-0.2, 0) is 0 Å². The zero-order valence-electron chi connectivity index (χ0n) is 16.7. The molecule has 5 aromatic rings. The number of hydrogen-bond donors (Lipinski definition) is 2. The van der Waals surface area contributed by atoms with Crippen molar-refractivity contribution in [3.05, 3.63) is 90.5 Å². The minimum absolute atomic E-state index is 0.260. The van der Waals surface area contributed by atoms with Crippen LogP contribution in [0.25, 0.3) is 44.7 Å². The zero-order valence-corrected chi connectivity index (χ0v) is 16.7. The second kappa shape index (κ2) is 7.50. The van der Waals surface area contributed by atoms with E-state index >= 15 is 0 Å². The van der Waals surface area contributed by atoms with Gasteiger partial charge >= 0.3 is 5.97 Å². The molecule has 6 heteroatoms. The van der Waals surface area contributed by atoms with Gasteiger partial charge in [-0.25, -0.2) is 9.78 Å². The van der Waals surface area contributed by atoms with Crippen molar-refractivity contribution in [2.75, 3.05) is 0 Å². The van der Waals surface area contributed by atoms with Crippen molar-refractivity contribution in [3.8, 4) is 33.8 Å². The molecular formula is C25H18N4O2. The number of fused-ring (bicyclic) bond motifs is 1. The number of aromatic nitrogens is 4. The van der Waals surface area contributed by atoms with Gasteiger partial charge in [-0.1, -0.05) is 24.3 Å². The Labute approximate surface area is 178 Å². The molecule has 5 rings (SSSR count). The van der Waals surface area contributed by atoms with Gasteiger partial charge < -0.3 is 10.1 Å². The van der Waals surface area contributed by atoms with Gasteiger partial charge in [0.1, 0.15) is 0 Å². The fraction of sp³-hybridized carbons (Fsp3) is 0.0400. The molecule has 0 bridgehead atoms. The molecule has 0 radical (unpaired) electrons. The summed E-state index contributed by atoms with van der Waals surface area (Å²) >= 11 is 0. The lowest BCUT2D eigenvalue weighted by Gasteiger charge is -2.07. The number of aryl methyl sites for hydroxylation is 1. The van der Waals surface area contributed by atoms with Gasteiger partial charge in [0.2, 0.25) is 0 Å². The molecule has 0 unspecified atom stereocenters. The summed E-state index contributed by atoms with van der Waals surface area (Å²) in [5, 5.41) is 10.1. The number of nitrogens with one attached hydrogen (secondary N) is 1. The van der Waals surface area contributed by atoms with Crippen molar-refractivity contribution in [2.24, 2.45) is 0 Å². The SMILES string of the molecule is Cc1cccc(-c2[nH]cnc2-c2ccc3ncc(-c4ccc(C(=O)O)cc4)cc3c2)n1. The van der Waals surface area contributed by atoms with E-state index in [1.54, 1.807) is 36.8 Å². The molecular weight excluding hydrogens is 388 g/mol. The number of hydrogen-bond acceptors (Lipinski definition) is 4. The topological polar surface area (TPSA) is 91.8 Å². The molecule has 3 aromatic heterocycles. The maximum Gasteiger partial charge on any atom is 0.335 e. The van der Waals surface area contributed by atoms with Crippen molar-refractivity contribution in [1.82, 2.24) is 19.9 Å². The summed E-state index contributed by atoms with van der Waals surface area (Å²) in [6, 6.07) is 20.8. The van der Waals surface area contributed by atoms with Gasteiger partial charge in [0, 0.05) is 28.4 Å². The molecule has 0 fully saturated rings. The molecule has 0 saturated heterocycles. The largest absolute Gasteiger partial charge is 0.478 e. The Morgan fingerprint density at radius 3 is 2.45 bits per heavy atom. The van der Waals surface area contributed by atoms with E-state index in [0.717, 1.165) is 50.4 Å². The Morgan fingerprint density at radius 2 is 1.68 bits per heavy atom. The minimum atomic E-state index is -0.939. The van der Waals surface area contributed by atoms with Crippen LogP contribution in [0.5, 0.6) is 0 Å². The molecule has 0 amide bonds. The normalized spacial score (nSPS) is 11.0. The number of carboxylic acid groups (broad SMARTS) is 1. The average molecular weight is 406 g/mol. The number of aromatic amines is 1. The number of carboxylic acids is 1. The predicted octanol–water partition coefficient (Wildman–Crippen LogP) is 5.36. The quantitative estimate of drug-likeness (QED) is 0.419. The second-order valence-electron chi connectivity index (χ2n) is 7.30. The molecule has 31 heavy (non-hydrogen) atoms. The summed E-state index contributed by atoms with van der Waals surface area (Å²) in [5.74, 6) is -0.939. The van der Waals surface area contributed by atoms with Gasteiger partial charge in [-0.3, -0.25) is 9.97 Å². The highest BCUT2D eigenvalue weighted by atomic mass is 16.4. The fourth-order valence-electron chi connectivity index (χ4n) is 3.63. The Hall–Kier alpha value is -4.32. The number of aromatic carboxylic acids is 1. The summed E-state index contributed by atoms with van der Waals surface area (Å²) in [7, 11) is 0. The molecule has 6 nitrogen and oxygen atoms in total. The lowest BCUT2D eigenvalue weighted by atomic mass is 10.0.